The number of ether oxygens (including phenoxy) is 2. The summed E-state index contributed by atoms with van der Waals surface area (Å²) in [5.74, 6) is -0.786. The van der Waals surface area contributed by atoms with Crippen LogP contribution in [0, 0.1) is 0 Å². The molecule has 5 nitrogen and oxygen atoms in total. The molecule has 2 aliphatic rings. The zero-order chi connectivity index (χ0) is 19.0. The first-order chi connectivity index (χ1) is 12.9. The van der Waals surface area contributed by atoms with E-state index < -0.39 is 18.0 Å². The first kappa shape index (κ1) is 17.5. The molecule has 2 bridgehead atoms. The van der Waals surface area contributed by atoms with E-state index in [2.05, 4.69) is 15.0 Å². The zero-order valence-corrected chi connectivity index (χ0v) is 14.0. The largest absolute Gasteiger partial charge is 0.573 e. The summed E-state index contributed by atoms with van der Waals surface area (Å²) in [6.45, 7) is 0. The predicted molar refractivity (Wildman–Crippen MR) is 90.8 cm³/mol. The van der Waals surface area contributed by atoms with E-state index in [1.807, 2.05) is 12.1 Å². The number of pyridine rings is 1. The molecule has 3 heterocycles. The van der Waals surface area contributed by atoms with E-state index in [9.17, 15) is 18.0 Å². The van der Waals surface area contributed by atoms with Crippen LogP contribution in [0.1, 0.15) is 18.4 Å². The van der Waals surface area contributed by atoms with Gasteiger partial charge in [-0.1, -0.05) is 6.07 Å². The zero-order valence-electron chi connectivity index (χ0n) is 14.0. The Hall–Kier alpha value is -2.87. The molecule has 0 unspecified atom stereocenters. The maximum Gasteiger partial charge on any atom is 0.573 e. The number of halogens is 3. The minimum absolute atomic E-state index is 0.155. The van der Waals surface area contributed by atoms with Crippen LogP contribution in [0.15, 0.2) is 54.4 Å². The molecule has 4 rings (SSSR count). The molecule has 0 spiro atoms. The van der Waals surface area contributed by atoms with Crippen molar-refractivity contribution >= 4 is 17.2 Å². The second-order valence-electron chi connectivity index (χ2n) is 6.28. The van der Waals surface area contributed by atoms with Gasteiger partial charge in [0, 0.05) is 24.1 Å². The maximum atomic E-state index is 12.9. The number of fused-ring (bicyclic) bond motifs is 2. The number of nitrogens with zero attached hydrogens (tertiary/aromatic N) is 1. The first-order valence-electron chi connectivity index (χ1n) is 8.38. The van der Waals surface area contributed by atoms with Gasteiger partial charge >= 0.3 is 6.36 Å². The van der Waals surface area contributed by atoms with Crippen LogP contribution in [0.4, 0.5) is 18.9 Å². The van der Waals surface area contributed by atoms with Crippen LogP contribution in [0.5, 0.6) is 5.75 Å². The van der Waals surface area contributed by atoms with Crippen molar-refractivity contribution in [3.05, 3.63) is 59.9 Å². The molecule has 2 aromatic rings. The van der Waals surface area contributed by atoms with Crippen LogP contribution in [-0.4, -0.2) is 29.5 Å². The molecule has 0 saturated carbocycles. The van der Waals surface area contributed by atoms with E-state index in [1.165, 1.54) is 18.2 Å². The van der Waals surface area contributed by atoms with Crippen molar-refractivity contribution in [2.24, 2.45) is 0 Å². The van der Waals surface area contributed by atoms with Crippen molar-refractivity contribution in [3.63, 3.8) is 0 Å². The third-order valence-corrected chi connectivity index (χ3v) is 4.52. The summed E-state index contributed by atoms with van der Waals surface area (Å²) >= 11 is 0. The lowest BCUT2D eigenvalue weighted by molar-refractivity contribution is -0.274. The minimum atomic E-state index is -4.79. The number of benzene rings is 1. The van der Waals surface area contributed by atoms with Crippen molar-refractivity contribution in [2.45, 2.75) is 31.4 Å². The van der Waals surface area contributed by atoms with E-state index in [-0.39, 0.29) is 17.9 Å². The molecule has 0 radical (unpaired) electrons. The van der Waals surface area contributed by atoms with Crippen molar-refractivity contribution in [1.82, 2.24) is 4.98 Å². The van der Waals surface area contributed by atoms with Gasteiger partial charge in [-0.25, -0.2) is 0 Å². The number of amides is 1. The fourth-order valence-corrected chi connectivity index (χ4v) is 3.52. The molecular weight excluding hydrogens is 361 g/mol. The lowest BCUT2D eigenvalue weighted by atomic mass is 9.87. The molecule has 140 valence electrons. The minimum Gasteiger partial charge on any atom is -0.406 e. The Labute approximate surface area is 152 Å². The Balaban J connectivity index is 1.61. The highest BCUT2D eigenvalue weighted by atomic mass is 19.4. The molecule has 8 heteroatoms. The van der Waals surface area contributed by atoms with Gasteiger partial charge in [-0.05, 0) is 48.2 Å². The first-order valence-corrected chi connectivity index (χ1v) is 8.38. The van der Waals surface area contributed by atoms with Crippen molar-refractivity contribution in [1.29, 1.82) is 0 Å². The van der Waals surface area contributed by atoms with Crippen LogP contribution in [0.2, 0.25) is 0 Å². The molecule has 1 aromatic carbocycles. The molecule has 1 aromatic heterocycles. The van der Waals surface area contributed by atoms with Crippen LogP contribution in [-0.2, 0) is 9.53 Å². The standard InChI is InChI=1S/C19H15F3N2O3/c20-19(21,22)27-13-3-1-2-12(10-13)24-18(25)17-15-5-4-14(26-15)16(17)11-6-8-23-9-7-11/h1-3,6-10,14-15H,4-5H2,(H,24,25)/t14-,15+/m0/s1. The van der Waals surface area contributed by atoms with Gasteiger partial charge in [0.2, 0.25) is 0 Å². The number of hydrogen-bond acceptors (Lipinski definition) is 4. The highest BCUT2D eigenvalue weighted by Crippen LogP contribution is 2.44. The van der Waals surface area contributed by atoms with Gasteiger partial charge in [0.1, 0.15) is 5.75 Å². The van der Waals surface area contributed by atoms with E-state index in [0.717, 1.165) is 30.0 Å². The van der Waals surface area contributed by atoms with Gasteiger partial charge < -0.3 is 14.8 Å². The Bertz CT molecular complexity index is 897. The van der Waals surface area contributed by atoms with Crippen LogP contribution < -0.4 is 10.1 Å². The number of aromatic nitrogens is 1. The van der Waals surface area contributed by atoms with Crippen molar-refractivity contribution in [2.75, 3.05) is 5.32 Å². The topological polar surface area (TPSA) is 60.5 Å². The number of hydrogen-bond donors (Lipinski definition) is 1. The van der Waals surface area contributed by atoms with Gasteiger partial charge in [-0.2, -0.15) is 0 Å². The van der Waals surface area contributed by atoms with E-state index in [0.29, 0.717) is 5.57 Å². The quantitative estimate of drug-likeness (QED) is 0.878. The molecule has 27 heavy (non-hydrogen) atoms. The molecule has 1 N–H and O–H groups in total. The third kappa shape index (κ3) is 3.66. The Morgan fingerprint density at radius 2 is 1.89 bits per heavy atom. The number of nitrogens with one attached hydrogen (secondary N) is 1. The lowest BCUT2D eigenvalue weighted by Gasteiger charge is -2.17. The van der Waals surface area contributed by atoms with Crippen molar-refractivity contribution < 1.29 is 27.4 Å². The fourth-order valence-electron chi connectivity index (χ4n) is 3.52. The SMILES string of the molecule is O=C(Nc1cccc(OC(F)(F)F)c1)C1=C(c2ccncc2)[C@@H]2CC[C@H]1O2. The summed E-state index contributed by atoms with van der Waals surface area (Å²) in [7, 11) is 0. The molecule has 1 saturated heterocycles. The molecule has 0 aliphatic carbocycles. The Morgan fingerprint density at radius 1 is 1.15 bits per heavy atom. The van der Waals surface area contributed by atoms with Crippen LogP contribution in [0.25, 0.3) is 5.57 Å². The number of alkyl halides is 3. The summed E-state index contributed by atoms with van der Waals surface area (Å²) in [4.78, 5) is 16.8. The smallest absolute Gasteiger partial charge is 0.406 e. The summed E-state index contributed by atoms with van der Waals surface area (Å²) in [5.41, 5.74) is 2.40. The van der Waals surface area contributed by atoms with Crippen LogP contribution in [0.3, 0.4) is 0 Å². The Kier molecular flexibility index (Phi) is 4.35. The second-order valence-corrected chi connectivity index (χ2v) is 6.28. The summed E-state index contributed by atoms with van der Waals surface area (Å²) < 4.78 is 46.9. The fraction of sp³-hybridized carbons (Fsp3) is 0.263. The number of anilines is 1. The van der Waals surface area contributed by atoms with Gasteiger partial charge in [0.05, 0.1) is 17.8 Å². The highest BCUT2D eigenvalue weighted by molar-refractivity contribution is 6.11. The molecular formula is C19H15F3N2O3. The normalized spacial score (nSPS) is 21.4. The third-order valence-electron chi connectivity index (χ3n) is 4.52. The van der Waals surface area contributed by atoms with Gasteiger partial charge in [-0.3, -0.25) is 9.78 Å². The summed E-state index contributed by atoms with van der Waals surface area (Å²) in [6.07, 6.45) is -0.416. The van der Waals surface area contributed by atoms with E-state index in [4.69, 9.17) is 4.74 Å². The number of carbonyl (C=O) groups is 1. The summed E-state index contributed by atoms with van der Waals surface area (Å²) in [5, 5.41) is 2.65. The monoisotopic (exact) mass is 376 g/mol. The van der Waals surface area contributed by atoms with E-state index in [1.54, 1.807) is 12.4 Å². The molecule has 2 atom stereocenters. The maximum absolute atomic E-state index is 12.9. The number of rotatable bonds is 4. The van der Waals surface area contributed by atoms with Gasteiger partial charge in [0.25, 0.3) is 5.91 Å². The van der Waals surface area contributed by atoms with Gasteiger partial charge in [-0.15, -0.1) is 13.2 Å². The van der Waals surface area contributed by atoms with E-state index >= 15 is 0 Å². The lowest BCUT2D eigenvalue weighted by Crippen LogP contribution is -2.23. The molecule has 2 aliphatic heterocycles. The number of carbonyl (C=O) groups excluding carboxylic acids is 1. The van der Waals surface area contributed by atoms with Crippen molar-refractivity contribution in [3.8, 4) is 5.75 Å². The predicted octanol–water partition coefficient (Wildman–Crippen LogP) is 3.93. The van der Waals surface area contributed by atoms with Crippen LogP contribution >= 0.6 is 0 Å². The molecule has 1 fully saturated rings. The average molecular weight is 376 g/mol. The highest BCUT2D eigenvalue weighted by Gasteiger charge is 2.43. The molecule has 1 amide bonds. The summed E-state index contributed by atoms with van der Waals surface area (Å²) in [6, 6.07) is 8.81. The average Bonchev–Trinajstić information content (AvgIpc) is 3.22. The second kappa shape index (κ2) is 6.70. The Morgan fingerprint density at radius 3 is 2.63 bits per heavy atom. The van der Waals surface area contributed by atoms with Gasteiger partial charge in [0.15, 0.2) is 0 Å².